The van der Waals surface area contributed by atoms with Crippen LogP contribution in [0.1, 0.15) is 46.8 Å². The SMILES string of the molecule is CCCCNC(=O)c1cccc(CC2Oc3cc4c(cc3O2)[C@]2(CO4)C(=O)Nc3ccccc32)c1. The molecule has 0 aliphatic carbocycles. The van der Waals surface area contributed by atoms with E-state index in [1.54, 1.807) is 0 Å². The molecule has 2 amide bonds. The van der Waals surface area contributed by atoms with Crippen molar-refractivity contribution in [2.45, 2.75) is 37.9 Å². The highest BCUT2D eigenvalue weighted by molar-refractivity contribution is 6.10. The van der Waals surface area contributed by atoms with Gasteiger partial charge in [0.2, 0.25) is 12.2 Å². The second-order valence-electron chi connectivity index (χ2n) is 9.17. The third kappa shape index (κ3) is 3.50. The molecule has 6 rings (SSSR count). The first-order valence-electron chi connectivity index (χ1n) is 12.0. The normalized spacial score (nSPS) is 20.8. The van der Waals surface area contributed by atoms with Crippen LogP contribution in [0.15, 0.2) is 60.7 Å². The molecule has 7 heteroatoms. The van der Waals surface area contributed by atoms with E-state index in [2.05, 4.69) is 17.6 Å². The predicted molar refractivity (Wildman–Crippen MR) is 130 cm³/mol. The lowest BCUT2D eigenvalue weighted by atomic mass is 9.77. The molecule has 3 heterocycles. The second-order valence-corrected chi connectivity index (χ2v) is 9.17. The number of nitrogens with one attached hydrogen (secondary N) is 2. The molecule has 35 heavy (non-hydrogen) atoms. The smallest absolute Gasteiger partial charge is 0.251 e. The van der Waals surface area contributed by atoms with Crippen LogP contribution in [-0.2, 0) is 16.6 Å². The van der Waals surface area contributed by atoms with Gasteiger partial charge in [-0.2, -0.15) is 0 Å². The van der Waals surface area contributed by atoms with E-state index in [0.29, 0.717) is 35.8 Å². The molecule has 0 bridgehead atoms. The summed E-state index contributed by atoms with van der Waals surface area (Å²) in [5, 5.41) is 5.93. The van der Waals surface area contributed by atoms with Crippen molar-refractivity contribution in [3.8, 4) is 17.2 Å². The Bertz CT molecular complexity index is 1340. The average molecular weight is 471 g/mol. The summed E-state index contributed by atoms with van der Waals surface area (Å²) in [6.07, 6.45) is 1.93. The van der Waals surface area contributed by atoms with Gasteiger partial charge in [0.1, 0.15) is 17.8 Å². The summed E-state index contributed by atoms with van der Waals surface area (Å²) in [5.41, 5.74) is 3.18. The fraction of sp³-hybridized carbons (Fsp3) is 0.286. The van der Waals surface area contributed by atoms with Gasteiger partial charge in [0, 0.05) is 35.8 Å². The number of ether oxygens (including phenoxy) is 3. The highest BCUT2D eigenvalue weighted by atomic mass is 16.7. The van der Waals surface area contributed by atoms with Crippen LogP contribution < -0.4 is 24.8 Å². The molecule has 2 N–H and O–H groups in total. The van der Waals surface area contributed by atoms with Crippen molar-refractivity contribution in [1.29, 1.82) is 0 Å². The average Bonchev–Trinajstić information content (AvgIpc) is 3.52. The number of benzene rings is 3. The van der Waals surface area contributed by atoms with Crippen LogP contribution in [0.5, 0.6) is 17.2 Å². The van der Waals surface area contributed by atoms with Crippen molar-refractivity contribution in [1.82, 2.24) is 5.32 Å². The first kappa shape index (κ1) is 21.5. The van der Waals surface area contributed by atoms with Crippen LogP contribution in [-0.4, -0.2) is 31.3 Å². The van der Waals surface area contributed by atoms with Crippen LogP contribution in [0.25, 0.3) is 0 Å². The fourth-order valence-corrected chi connectivity index (χ4v) is 5.07. The molecule has 178 valence electrons. The summed E-state index contributed by atoms with van der Waals surface area (Å²) >= 11 is 0. The Labute approximate surface area is 203 Å². The summed E-state index contributed by atoms with van der Waals surface area (Å²) in [5.74, 6) is 1.63. The van der Waals surface area contributed by atoms with Gasteiger partial charge in [-0.05, 0) is 41.8 Å². The molecular formula is C28H26N2O5. The zero-order valence-corrected chi connectivity index (χ0v) is 19.4. The number of hydrogen-bond donors (Lipinski definition) is 2. The molecule has 2 atom stereocenters. The number of carbonyl (C=O) groups excluding carboxylic acids is 2. The molecule has 0 saturated heterocycles. The number of carbonyl (C=O) groups is 2. The fourth-order valence-electron chi connectivity index (χ4n) is 5.07. The van der Waals surface area contributed by atoms with Crippen molar-refractivity contribution < 1.29 is 23.8 Å². The largest absolute Gasteiger partial charge is 0.491 e. The van der Waals surface area contributed by atoms with Gasteiger partial charge in [0.15, 0.2) is 11.5 Å². The summed E-state index contributed by atoms with van der Waals surface area (Å²) in [6, 6.07) is 18.9. The van der Waals surface area contributed by atoms with Gasteiger partial charge in [-0.3, -0.25) is 9.59 Å². The number of rotatable bonds is 6. The van der Waals surface area contributed by atoms with Crippen molar-refractivity contribution in [2.24, 2.45) is 0 Å². The summed E-state index contributed by atoms with van der Waals surface area (Å²) in [4.78, 5) is 25.5. The second kappa shape index (κ2) is 8.34. The van der Waals surface area contributed by atoms with Gasteiger partial charge >= 0.3 is 0 Å². The zero-order chi connectivity index (χ0) is 24.0. The Balaban J connectivity index is 1.22. The zero-order valence-electron chi connectivity index (χ0n) is 19.4. The molecule has 0 aromatic heterocycles. The van der Waals surface area contributed by atoms with Crippen molar-refractivity contribution >= 4 is 17.5 Å². The van der Waals surface area contributed by atoms with E-state index in [-0.39, 0.29) is 18.4 Å². The minimum atomic E-state index is -0.887. The monoisotopic (exact) mass is 470 g/mol. The Hall–Kier alpha value is -4.00. The number of unbranched alkanes of at least 4 members (excludes halogenated alkanes) is 1. The van der Waals surface area contributed by atoms with E-state index in [1.165, 1.54) is 0 Å². The van der Waals surface area contributed by atoms with Crippen LogP contribution >= 0.6 is 0 Å². The number of para-hydroxylation sites is 1. The predicted octanol–water partition coefficient (Wildman–Crippen LogP) is 4.19. The molecule has 0 saturated carbocycles. The third-order valence-electron chi connectivity index (χ3n) is 6.90. The highest BCUT2D eigenvalue weighted by Gasteiger charge is 2.54. The summed E-state index contributed by atoms with van der Waals surface area (Å²) in [6.45, 7) is 3.00. The van der Waals surface area contributed by atoms with Gasteiger partial charge in [0.05, 0.1) is 0 Å². The molecule has 3 aliphatic heterocycles. The molecule has 3 aliphatic rings. The molecule has 7 nitrogen and oxygen atoms in total. The molecule has 0 fully saturated rings. The number of fused-ring (bicyclic) bond motifs is 5. The van der Waals surface area contributed by atoms with Gasteiger partial charge < -0.3 is 24.8 Å². The van der Waals surface area contributed by atoms with E-state index in [4.69, 9.17) is 14.2 Å². The number of hydrogen-bond acceptors (Lipinski definition) is 5. The lowest BCUT2D eigenvalue weighted by Gasteiger charge is -2.20. The Morgan fingerprint density at radius 2 is 1.86 bits per heavy atom. The molecule has 3 aromatic rings. The molecular weight excluding hydrogens is 444 g/mol. The maximum atomic E-state index is 13.1. The standard InChI is InChI=1S/C28H26N2O5/c1-2-3-11-29-26(31)18-8-6-7-17(12-18)13-25-34-23-14-20-22(15-24(23)35-25)33-16-28(20)19-9-4-5-10-21(19)30-27(28)32/h4-10,12,14-15,25H,2-3,11,13,16H2,1H3,(H,29,31)(H,30,32)/t25?,28-/m1/s1. The van der Waals surface area contributed by atoms with Crippen molar-refractivity contribution in [3.05, 3.63) is 82.9 Å². The lowest BCUT2D eigenvalue weighted by molar-refractivity contribution is -0.119. The molecule has 0 radical (unpaired) electrons. The van der Waals surface area contributed by atoms with Gasteiger partial charge in [-0.1, -0.05) is 43.7 Å². The molecule has 3 aromatic carbocycles. The minimum absolute atomic E-state index is 0.0779. The van der Waals surface area contributed by atoms with Crippen LogP contribution in [0.2, 0.25) is 0 Å². The van der Waals surface area contributed by atoms with Gasteiger partial charge in [-0.15, -0.1) is 0 Å². The minimum Gasteiger partial charge on any atom is -0.491 e. The lowest BCUT2D eigenvalue weighted by Crippen LogP contribution is -2.37. The summed E-state index contributed by atoms with van der Waals surface area (Å²) in [7, 11) is 0. The maximum absolute atomic E-state index is 13.1. The Morgan fingerprint density at radius 1 is 1.03 bits per heavy atom. The third-order valence-corrected chi connectivity index (χ3v) is 6.90. The van der Waals surface area contributed by atoms with Gasteiger partial charge in [0.25, 0.3) is 5.91 Å². The van der Waals surface area contributed by atoms with E-state index in [0.717, 1.165) is 35.2 Å². The first-order valence-corrected chi connectivity index (χ1v) is 12.0. The van der Waals surface area contributed by atoms with Crippen LogP contribution in [0.4, 0.5) is 5.69 Å². The Kier molecular flexibility index (Phi) is 5.13. The van der Waals surface area contributed by atoms with Crippen LogP contribution in [0, 0.1) is 0 Å². The number of anilines is 1. The molecule has 1 unspecified atom stereocenters. The van der Waals surface area contributed by atoms with Gasteiger partial charge in [-0.25, -0.2) is 0 Å². The topological polar surface area (TPSA) is 85.9 Å². The number of amides is 2. The van der Waals surface area contributed by atoms with E-state index in [9.17, 15) is 9.59 Å². The highest BCUT2D eigenvalue weighted by Crippen LogP contribution is 2.53. The van der Waals surface area contributed by atoms with Crippen LogP contribution in [0.3, 0.4) is 0 Å². The van der Waals surface area contributed by atoms with E-state index < -0.39 is 11.7 Å². The van der Waals surface area contributed by atoms with Crippen molar-refractivity contribution in [2.75, 3.05) is 18.5 Å². The quantitative estimate of drug-likeness (QED) is 0.528. The summed E-state index contributed by atoms with van der Waals surface area (Å²) < 4.78 is 18.2. The Morgan fingerprint density at radius 3 is 2.71 bits per heavy atom. The van der Waals surface area contributed by atoms with Crippen molar-refractivity contribution in [3.63, 3.8) is 0 Å². The maximum Gasteiger partial charge on any atom is 0.251 e. The van der Waals surface area contributed by atoms with E-state index >= 15 is 0 Å². The molecule has 1 spiro atoms. The van der Waals surface area contributed by atoms with E-state index in [1.807, 2.05) is 60.7 Å². The first-order chi connectivity index (χ1) is 17.1.